The van der Waals surface area contributed by atoms with Crippen molar-refractivity contribution in [1.82, 2.24) is 19.5 Å². The van der Waals surface area contributed by atoms with Crippen molar-refractivity contribution < 1.29 is 9.90 Å². The Morgan fingerprint density at radius 1 is 1.25 bits per heavy atom. The van der Waals surface area contributed by atoms with Gasteiger partial charge in [0.2, 0.25) is 0 Å². The minimum absolute atomic E-state index is 0.203. The number of rotatable bonds is 2. The van der Waals surface area contributed by atoms with E-state index in [2.05, 4.69) is 15.0 Å². The fourth-order valence-electron chi connectivity index (χ4n) is 2.26. The second-order valence-corrected chi connectivity index (χ2v) is 4.51. The molecule has 100 valence electrons. The van der Waals surface area contributed by atoms with E-state index in [4.69, 9.17) is 0 Å². The van der Waals surface area contributed by atoms with Crippen LogP contribution in [0.3, 0.4) is 0 Å². The van der Waals surface area contributed by atoms with Crippen molar-refractivity contribution >= 4 is 17.0 Å². The SMILES string of the molecule is Cc1nc(-c2ccncc2)c2c(C(=O)O)cn(C)c2n1. The van der Waals surface area contributed by atoms with Crippen LogP contribution < -0.4 is 0 Å². The molecule has 0 unspecified atom stereocenters. The number of carboxylic acids is 1. The van der Waals surface area contributed by atoms with E-state index in [9.17, 15) is 9.90 Å². The van der Waals surface area contributed by atoms with E-state index in [1.54, 1.807) is 49.3 Å². The summed E-state index contributed by atoms with van der Waals surface area (Å²) in [7, 11) is 1.78. The first-order chi connectivity index (χ1) is 9.58. The highest BCUT2D eigenvalue weighted by atomic mass is 16.4. The number of carbonyl (C=O) groups is 1. The molecule has 0 radical (unpaired) electrons. The second kappa shape index (κ2) is 4.41. The van der Waals surface area contributed by atoms with Gasteiger partial charge in [-0.25, -0.2) is 14.8 Å². The van der Waals surface area contributed by atoms with Crippen LogP contribution in [0.5, 0.6) is 0 Å². The highest BCUT2D eigenvalue weighted by molar-refractivity contribution is 6.07. The van der Waals surface area contributed by atoms with Gasteiger partial charge in [0, 0.05) is 31.2 Å². The molecule has 0 aliphatic heterocycles. The average molecular weight is 268 g/mol. The summed E-state index contributed by atoms with van der Waals surface area (Å²) in [6.45, 7) is 1.79. The molecule has 1 N–H and O–H groups in total. The normalized spacial score (nSPS) is 10.9. The van der Waals surface area contributed by atoms with Crippen molar-refractivity contribution in [2.75, 3.05) is 0 Å². The largest absolute Gasteiger partial charge is 0.478 e. The number of pyridine rings is 1. The van der Waals surface area contributed by atoms with Gasteiger partial charge in [0.25, 0.3) is 0 Å². The number of nitrogens with zero attached hydrogens (tertiary/aromatic N) is 4. The lowest BCUT2D eigenvalue weighted by molar-refractivity contribution is 0.0699. The van der Waals surface area contributed by atoms with E-state index in [0.717, 1.165) is 5.56 Å². The molecule has 0 saturated heterocycles. The van der Waals surface area contributed by atoms with Crippen LogP contribution in [0.4, 0.5) is 0 Å². The summed E-state index contributed by atoms with van der Waals surface area (Å²) < 4.78 is 1.71. The van der Waals surface area contributed by atoms with Gasteiger partial charge in [-0.3, -0.25) is 4.98 Å². The lowest BCUT2D eigenvalue weighted by Gasteiger charge is -2.05. The van der Waals surface area contributed by atoms with E-state index >= 15 is 0 Å². The summed E-state index contributed by atoms with van der Waals surface area (Å²) in [4.78, 5) is 24.1. The molecule has 0 bridgehead atoms. The minimum Gasteiger partial charge on any atom is -0.478 e. The maximum Gasteiger partial charge on any atom is 0.338 e. The third kappa shape index (κ3) is 1.82. The number of aryl methyl sites for hydroxylation is 2. The van der Waals surface area contributed by atoms with Crippen molar-refractivity contribution in [1.29, 1.82) is 0 Å². The molecule has 6 nitrogen and oxygen atoms in total. The average Bonchev–Trinajstić information content (AvgIpc) is 2.77. The Kier molecular flexibility index (Phi) is 2.71. The second-order valence-electron chi connectivity index (χ2n) is 4.51. The quantitative estimate of drug-likeness (QED) is 0.769. The smallest absolute Gasteiger partial charge is 0.338 e. The summed E-state index contributed by atoms with van der Waals surface area (Å²) in [6, 6.07) is 3.61. The zero-order chi connectivity index (χ0) is 14.3. The maximum absolute atomic E-state index is 11.4. The van der Waals surface area contributed by atoms with Crippen molar-refractivity contribution in [3.05, 3.63) is 42.1 Å². The van der Waals surface area contributed by atoms with Gasteiger partial charge in [-0.05, 0) is 19.1 Å². The Morgan fingerprint density at radius 3 is 2.60 bits per heavy atom. The zero-order valence-corrected chi connectivity index (χ0v) is 11.0. The van der Waals surface area contributed by atoms with Crippen LogP contribution in [0.1, 0.15) is 16.2 Å². The highest BCUT2D eigenvalue weighted by Gasteiger charge is 2.19. The van der Waals surface area contributed by atoms with Crippen molar-refractivity contribution in [3.63, 3.8) is 0 Å². The molecule has 3 aromatic rings. The molecule has 0 saturated carbocycles. The van der Waals surface area contributed by atoms with Crippen molar-refractivity contribution in [3.8, 4) is 11.3 Å². The summed E-state index contributed by atoms with van der Waals surface area (Å²) in [5, 5.41) is 9.91. The molecule has 0 atom stereocenters. The molecule has 0 fully saturated rings. The Hall–Kier alpha value is -2.76. The fourth-order valence-corrected chi connectivity index (χ4v) is 2.26. The first-order valence-electron chi connectivity index (χ1n) is 6.05. The summed E-state index contributed by atoms with van der Waals surface area (Å²) in [5.41, 5.74) is 2.26. The number of carboxylic acid groups (broad SMARTS) is 1. The molecule has 0 aliphatic carbocycles. The monoisotopic (exact) mass is 268 g/mol. The highest BCUT2D eigenvalue weighted by Crippen LogP contribution is 2.29. The zero-order valence-electron chi connectivity index (χ0n) is 11.0. The summed E-state index contributed by atoms with van der Waals surface area (Å²) in [5.74, 6) is -0.388. The predicted octanol–water partition coefficient (Wildman–Crippen LogP) is 2.04. The van der Waals surface area contributed by atoms with E-state index in [1.807, 2.05) is 0 Å². The van der Waals surface area contributed by atoms with Crippen LogP contribution in [0.15, 0.2) is 30.7 Å². The van der Waals surface area contributed by atoms with Crippen molar-refractivity contribution in [2.45, 2.75) is 6.92 Å². The van der Waals surface area contributed by atoms with E-state index in [-0.39, 0.29) is 5.56 Å². The van der Waals surface area contributed by atoms with Crippen LogP contribution in [0.25, 0.3) is 22.3 Å². The Bertz CT molecular complexity index is 809. The number of hydrogen-bond acceptors (Lipinski definition) is 4. The van der Waals surface area contributed by atoms with Gasteiger partial charge in [-0.1, -0.05) is 0 Å². The van der Waals surface area contributed by atoms with Gasteiger partial charge in [-0.15, -0.1) is 0 Å². The first kappa shape index (κ1) is 12.3. The molecule has 0 spiro atoms. The molecular formula is C14H12N4O2. The minimum atomic E-state index is -0.988. The van der Waals surface area contributed by atoms with Gasteiger partial charge in [0.15, 0.2) is 0 Å². The topological polar surface area (TPSA) is 80.9 Å². The van der Waals surface area contributed by atoms with E-state index < -0.39 is 5.97 Å². The standard InChI is InChI=1S/C14H12N4O2/c1-8-16-12(9-3-5-15-6-4-9)11-10(14(19)20)7-18(2)13(11)17-8/h3-7H,1-2H3,(H,19,20). The Labute approximate surface area is 114 Å². The molecule has 20 heavy (non-hydrogen) atoms. The van der Waals surface area contributed by atoms with Crippen LogP contribution in [0, 0.1) is 6.92 Å². The van der Waals surface area contributed by atoms with Gasteiger partial charge in [0.1, 0.15) is 11.5 Å². The van der Waals surface area contributed by atoms with Gasteiger partial charge in [0.05, 0.1) is 16.6 Å². The maximum atomic E-state index is 11.4. The number of fused-ring (bicyclic) bond motifs is 1. The lowest BCUT2D eigenvalue weighted by atomic mass is 10.1. The number of aromatic nitrogens is 4. The lowest BCUT2D eigenvalue weighted by Crippen LogP contribution is -1.99. The molecule has 0 aliphatic rings. The molecular weight excluding hydrogens is 256 g/mol. The molecule has 3 heterocycles. The molecule has 3 rings (SSSR count). The Morgan fingerprint density at radius 2 is 1.95 bits per heavy atom. The fraction of sp³-hybridized carbons (Fsp3) is 0.143. The van der Waals surface area contributed by atoms with Gasteiger partial charge in [-0.2, -0.15) is 0 Å². The van der Waals surface area contributed by atoms with E-state index in [0.29, 0.717) is 22.6 Å². The molecule has 0 aromatic carbocycles. The predicted molar refractivity (Wildman–Crippen MR) is 73.4 cm³/mol. The first-order valence-corrected chi connectivity index (χ1v) is 6.05. The number of aromatic carboxylic acids is 1. The summed E-state index contributed by atoms with van der Waals surface area (Å²) >= 11 is 0. The Balaban J connectivity index is 2.44. The van der Waals surface area contributed by atoms with Gasteiger partial charge >= 0.3 is 5.97 Å². The third-order valence-corrected chi connectivity index (χ3v) is 3.11. The van der Waals surface area contributed by atoms with Crippen LogP contribution in [0.2, 0.25) is 0 Å². The van der Waals surface area contributed by atoms with Crippen LogP contribution in [-0.4, -0.2) is 30.6 Å². The third-order valence-electron chi connectivity index (χ3n) is 3.11. The van der Waals surface area contributed by atoms with Crippen molar-refractivity contribution in [2.24, 2.45) is 7.05 Å². The van der Waals surface area contributed by atoms with Gasteiger partial charge < -0.3 is 9.67 Å². The molecule has 3 aromatic heterocycles. The molecule has 6 heteroatoms. The molecule has 0 amide bonds. The number of hydrogen-bond donors (Lipinski definition) is 1. The van der Waals surface area contributed by atoms with E-state index in [1.165, 1.54) is 0 Å². The van der Waals surface area contributed by atoms with Crippen LogP contribution in [-0.2, 0) is 7.05 Å². The summed E-state index contributed by atoms with van der Waals surface area (Å²) in [6.07, 6.45) is 4.87. The van der Waals surface area contributed by atoms with Crippen LogP contribution >= 0.6 is 0 Å².